The van der Waals surface area contributed by atoms with Crippen molar-refractivity contribution in [3.05, 3.63) is 86.8 Å². The summed E-state index contributed by atoms with van der Waals surface area (Å²) in [6, 6.07) is 15.6. The van der Waals surface area contributed by atoms with Crippen LogP contribution in [0.3, 0.4) is 0 Å². The maximum atomic E-state index is 12.6. The molecule has 0 unspecified atom stereocenters. The van der Waals surface area contributed by atoms with E-state index in [1.54, 1.807) is 23.5 Å². The number of nitrogens with one attached hydrogen (secondary N) is 1. The van der Waals surface area contributed by atoms with E-state index >= 15 is 0 Å². The van der Waals surface area contributed by atoms with E-state index in [1.165, 1.54) is 0 Å². The molecule has 1 saturated heterocycles. The molecule has 2 heterocycles. The van der Waals surface area contributed by atoms with Crippen LogP contribution in [0.4, 0.5) is 0 Å². The Kier molecular flexibility index (Phi) is 7.81. The Morgan fingerprint density at radius 1 is 1.24 bits per heavy atom. The first-order valence-corrected chi connectivity index (χ1v) is 12.2. The minimum Gasteiger partial charge on any atom is -0.487 e. The summed E-state index contributed by atoms with van der Waals surface area (Å²) in [5, 5.41) is 6.81. The van der Waals surface area contributed by atoms with E-state index < -0.39 is 0 Å². The number of aromatic nitrogens is 1. The van der Waals surface area contributed by atoms with E-state index in [1.807, 2.05) is 54.8 Å². The molecule has 0 radical (unpaired) electrons. The minimum atomic E-state index is -0.172. The first kappa shape index (κ1) is 23.5. The second-order valence-corrected chi connectivity index (χ2v) is 9.67. The summed E-state index contributed by atoms with van der Waals surface area (Å²) < 4.78 is 11.4. The van der Waals surface area contributed by atoms with Gasteiger partial charge in [0.15, 0.2) is 0 Å². The SMILES string of the molecule is Cc1nc(COc2cccc(C=CC(=O)NCC3(c4cccc(Cl)c4)CCOCC3)c2)cs1. The van der Waals surface area contributed by atoms with E-state index in [9.17, 15) is 4.79 Å². The molecule has 0 bridgehead atoms. The molecule has 0 saturated carbocycles. The average molecular weight is 483 g/mol. The molecular formula is C26H27ClN2O3S. The molecule has 1 aliphatic rings. The summed E-state index contributed by atoms with van der Waals surface area (Å²) in [6.45, 7) is 4.28. The quantitative estimate of drug-likeness (QED) is 0.427. The van der Waals surface area contributed by atoms with Crippen LogP contribution in [-0.2, 0) is 21.6 Å². The van der Waals surface area contributed by atoms with Gasteiger partial charge in [-0.2, -0.15) is 0 Å². The Bertz CT molecular complexity index is 1120. The Hall–Kier alpha value is -2.67. The maximum Gasteiger partial charge on any atom is 0.244 e. The molecule has 1 fully saturated rings. The number of aryl methyl sites for hydroxylation is 1. The van der Waals surface area contributed by atoms with Gasteiger partial charge < -0.3 is 14.8 Å². The number of hydrogen-bond donors (Lipinski definition) is 1. The highest BCUT2D eigenvalue weighted by molar-refractivity contribution is 7.09. The van der Waals surface area contributed by atoms with Gasteiger partial charge in [-0.3, -0.25) is 4.79 Å². The summed E-state index contributed by atoms with van der Waals surface area (Å²) in [7, 11) is 0. The Morgan fingerprint density at radius 3 is 2.82 bits per heavy atom. The molecule has 0 aliphatic carbocycles. The van der Waals surface area contributed by atoms with Crippen molar-refractivity contribution in [2.75, 3.05) is 19.8 Å². The molecule has 0 spiro atoms. The van der Waals surface area contributed by atoms with Crippen LogP contribution in [0.1, 0.15) is 34.7 Å². The highest BCUT2D eigenvalue weighted by Gasteiger charge is 2.34. The zero-order valence-corrected chi connectivity index (χ0v) is 20.1. The zero-order chi connectivity index (χ0) is 23.1. The molecule has 1 N–H and O–H groups in total. The smallest absolute Gasteiger partial charge is 0.244 e. The minimum absolute atomic E-state index is 0.132. The molecule has 1 aromatic heterocycles. The molecule has 2 aromatic carbocycles. The lowest BCUT2D eigenvalue weighted by molar-refractivity contribution is -0.116. The topological polar surface area (TPSA) is 60.5 Å². The van der Waals surface area contributed by atoms with Gasteiger partial charge in [0.25, 0.3) is 0 Å². The van der Waals surface area contributed by atoms with E-state index in [0.29, 0.717) is 31.4 Å². The fourth-order valence-corrected chi connectivity index (χ4v) is 4.76. The van der Waals surface area contributed by atoms with Crippen LogP contribution in [0.2, 0.25) is 5.02 Å². The molecular weight excluding hydrogens is 456 g/mol. The predicted octanol–water partition coefficient (Wildman–Crippen LogP) is 5.56. The predicted molar refractivity (Wildman–Crippen MR) is 133 cm³/mol. The number of thiazole rings is 1. The number of carbonyl (C=O) groups excluding carboxylic acids is 1. The van der Waals surface area contributed by atoms with Crippen LogP contribution in [-0.4, -0.2) is 30.6 Å². The van der Waals surface area contributed by atoms with Crippen LogP contribution < -0.4 is 10.1 Å². The number of amides is 1. The van der Waals surface area contributed by atoms with Crippen molar-refractivity contribution in [1.82, 2.24) is 10.3 Å². The summed E-state index contributed by atoms with van der Waals surface area (Å²) in [4.78, 5) is 17.0. The Balaban J connectivity index is 1.36. The molecule has 33 heavy (non-hydrogen) atoms. The summed E-state index contributed by atoms with van der Waals surface area (Å²) in [5.41, 5.74) is 2.78. The molecule has 4 rings (SSSR count). The van der Waals surface area contributed by atoms with Crippen molar-refractivity contribution < 1.29 is 14.3 Å². The van der Waals surface area contributed by atoms with Gasteiger partial charge in [-0.1, -0.05) is 35.9 Å². The van der Waals surface area contributed by atoms with E-state index in [-0.39, 0.29) is 11.3 Å². The fraction of sp³-hybridized carbons (Fsp3) is 0.308. The van der Waals surface area contributed by atoms with Gasteiger partial charge in [-0.05, 0) is 61.2 Å². The van der Waals surface area contributed by atoms with Crippen LogP contribution in [0.15, 0.2) is 60.0 Å². The van der Waals surface area contributed by atoms with Gasteiger partial charge in [0.2, 0.25) is 5.91 Å². The van der Waals surface area contributed by atoms with Crippen molar-refractivity contribution >= 4 is 34.9 Å². The number of nitrogens with zero attached hydrogens (tertiary/aromatic N) is 1. The average Bonchev–Trinajstić information content (AvgIpc) is 3.26. The third-order valence-corrected chi connectivity index (χ3v) is 6.88. The molecule has 1 aliphatic heterocycles. The van der Waals surface area contributed by atoms with Gasteiger partial charge in [-0.25, -0.2) is 4.98 Å². The van der Waals surface area contributed by atoms with Gasteiger partial charge in [-0.15, -0.1) is 11.3 Å². The van der Waals surface area contributed by atoms with E-state index in [4.69, 9.17) is 21.1 Å². The van der Waals surface area contributed by atoms with Crippen molar-refractivity contribution in [3.63, 3.8) is 0 Å². The van der Waals surface area contributed by atoms with Crippen molar-refractivity contribution in [2.24, 2.45) is 0 Å². The molecule has 0 atom stereocenters. The van der Waals surface area contributed by atoms with Gasteiger partial charge in [0.1, 0.15) is 12.4 Å². The number of ether oxygens (including phenoxy) is 2. The van der Waals surface area contributed by atoms with Crippen LogP contribution in [0, 0.1) is 6.92 Å². The first-order valence-electron chi connectivity index (χ1n) is 11.0. The van der Waals surface area contributed by atoms with Gasteiger partial charge in [0, 0.05) is 41.7 Å². The van der Waals surface area contributed by atoms with Crippen molar-refractivity contribution in [3.8, 4) is 5.75 Å². The lowest BCUT2D eigenvalue weighted by Gasteiger charge is -2.38. The number of rotatable bonds is 8. The zero-order valence-electron chi connectivity index (χ0n) is 18.6. The molecule has 5 nitrogen and oxygen atoms in total. The highest BCUT2D eigenvalue weighted by atomic mass is 35.5. The third kappa shape index (κ3) is 6.44. The van der Waals surface area contributed by atoms with Crippen molar-refractivity contribution in [1.29, 1.82) is 0 Å². The molecule has 1 amide bonds. The summed E-state index contributed by atoms with van der Waals surface area (Å²) >= 11 is 7.84. The molecule has 7 heteroatoms. The van der Waals surface area contributed by atoms with Crippen LogP contribution in [0.25, 0.3) is 6.08 Å². The monoisotopic (exact) mass is 482 g/mol. The lowest BCUT2D eigenvalue weighted by Crippen LogP contribution is -2.44. The van der Waals surface area contributed by atoms with Crippen LogP contribution in [0.5, 0.6) is 5.75 Å². The summed E-state index contributed by atoms with van der Waals surface area (Å²) in [6.07, 6.45) is 5.05. The standard InChI is InChI=1S/C26H27ClN2O3S/c1-19-29-23(17-33-19)16-32-24-7-2-4-20(14-24)8-9-25(30)28-18-26(10-12-31-13-11-26)21-5-3-6-22(27)15-21/h2-9,14-15,17H,10-13,16,18H2,1H3,(H,28,30). The van der Waals surface area contributed by atoms with Crippen LogP contribution >= 0.6 is 22.9 Å². The van der Waals surface area contributed by atoms with Crippen molar-refractivity contribution in [2.45, 2.75) is 31.8 Å². The number of halogens is 1. The largest absolute Gasteiger partial charge is 0.487 e. The molecule has 172 valence electrons. The Labute approximate surface area is 203 Å². The van der Waals surface area contributed by atoms with E-state index in [2.05, 4.69) is 16.4 Å². The summed E-state index contributed by atoms with van der Waals surface area (Å²) in [5.74, 6) is 0.609. The number of benzene rings is 2. The first-order chi connectivity index (χ1) is 16.0. The second-order valence-electron chi connectivity index (χ2n) is 8.17. The lowest BCUT2D eigenvalue weighted by atomic mass is 9.74. The number of carbonyl (C=O) groups is 1. The van der Waals surface area contributed by atoms with E-state index in [0.717, 1.165) is 40.4 Å². The van der Waals surface area contributed by atoms with Gasteiger partial charge in [0.05, 0.1) is 10.7 Å². The number of hydrogen-bond acceptors (Lipinski definition) is 5. The highest BCUT2D eigenvalue weighted by Crippen LogP contribution is 2.35. The third-order valence-electron chi connectivity index (χ3n) is 5.83. The normalized spacial score (nSPS) is 15.5. The molecule has 3 aromatic rings. The van der Waals surface area contributed by atoms with Gasteiger partial charge >= 0.3 is 0 Å². The Morgan fingerprint density at radius 2 is 2.06 bits per heavy atom. The second kappa shape index (κ2) is 11.0. The fourth-order valence-electron chi connectivity index (χ4n) is 3.97. The maximum absolute atomic E-state index is 12.6.